The van der Waals surface area contributed by atoms with E-state index < -0.39 is 29.3 Å². The lowest BCUT2D eigenvalue weighted by molar-refractivity contribution is -0.137. The first-order valence-corrected chi connectivity index (χ1v) is 11.2. The standard InChI is InChI=1S/C25H35NO6/c1-8-9-17-14-21(27)30-19-12-16(4)13-20(22(17)19)31-23(28)18(11-10-15(2)3)26-24(29)32-25(5,6)7/h12-15,18H,8-11H2,1-7H3,(H,26,29)/t18-/m1/s1. The number of carbonyl (C=O) groups excluding carboxylic acids is 2. The van der Waals surface area contributed by atoms with E-state index in [2.05, 4.69) is 5.32 Å². The topological polar surface area (TPSA) is 94.8 Å². The summed E-state index contributed by atoms with van der Waals surface area (Å²) in [6.45, 7) is 13.2. The Kier molecular flexibility index (Phi) is 8.47. The maximum atomic E-state index is 13.1. The first-order chi connectivity index (χ1) is 14.9. The molecule has 0 spiro atoms. The Morgan fingerprint density at radius 3 is 2.41 bits per heavy atom. The van der Waals surface area contributed by atoms with Crippen LogP contribution in [0.2, 0.25) is 0 Å². The normalized spacial score (nSPS) is 12.6. The van der Waals surface area contributed by atoms with Crippen molar-refractivity contribution in [3.8, 4) is 5.75 Å². The minimum Gasteiger partial charge on any atom is -0.444 e. The summed E-state index contributed by atoms with van der Waals surface area (Å²) in [5, 5.41) is 3.25. The summed E-state index contributed by atoms with van der Waals surface area (Å²) in [7, 11) is 0. The van der Waals surface area contributed by atoms with Crippen molar-refractivity contribution < 1.29 is 23.5 Å². The van der Waals surface area contributed by atoms with Crippen molar-refractivity contribution >= 4 is 23.0 Å². The van der Waals surface area contributed by atoms with Gasteiger partial charge in [0, 0.05) is 6.07 Å². The molecule has 1 N–H and O–H groups in total. The van der Waals surface area contributed by atoms with Gasteiger partial charge in [-0.15, -0.1) is 0 Å². The number of benzene rings is 1. The fourth-order valence-corrected chi connectivity index (χ4v) is 3.40. The van der Waals surface area contributed by atoms with Gasteiger partial charge in [0.25, 0.3) is 0 Å². The van der Waals surface area contributed by atoms with E-state index >= 15 is 0 Å². The lowest BCUT2D eigenvalue weighted by Gasteiger charge is -2.23. The van der Waals surface area contributed by atoms with E-state index in [4.69, 9.17) is 13.9 Å². The lowest BCUT2D eigenvalue weighted by Crippen LogP contribution is -2.45. The fraction of sp³-hybridized carbons (Fsp3) is 0.560. The van der Waals surface area contributed by atoms with Gasteiger partial charge in [0.15, 0.2) is 0 Å². The van der Waals surface area contributed by atoms with Crippen LogP contribution in [-0.2, 0) is 16.0 Å². The van der Waals surface area contributed by atoms with E-state index in [1.165, 1.54) is 6.07 Å². The largest absolute Gasteiger partial charge is 0.444 e. The van der Waals surface area contributed by atoms with Crippen LogP contribution in [0.25, 0.3) is 11.0 Å². The summed E-state index contributed by atoms with van der Waals surface area (Å²) in [4.78, 5) is 37.4. The van der Waals surface area contributed by atoms with Gasteiger partial charge < -0.3 is 19.2 Å². The number of amides is 1. The number of carbonyl (C=O) groups is 2. The molecule has 176 valence electrons. The van der Waals surface area contributed by atoms with Crippen LogP contribution in [0, 0.1) is 12.8 Å². The third-order valence-electron chi connectivity index (χ3n) is 4.77. The van der Waals surface area contributed by atoms with Crippen LogP contribution >= 0.6 is 0 Å². The molecule has 0 bridgehead atoms. The summed E-state index contributed by atoms with van der Waals surface area (Å²) in [5.74, 6) is 0.0748. The smallest absolute Gasteiger partial charge is 0.408 e. The predicted molar refractivity (Wildman–Crippen MR) is 124 cm³/mol. The van der Waals surface area contributed by atoms with E-state index in [1.54, 1.807) is 32.9 Å². The monoisotopic (exact) mass is 445 g/mol. The molecule has 7 heteroatoms. The van der Waals surface area contributed by atoms with E-state index in [0.29, 0.717) is 35.5 Å². The van der Waals surface area contributed by atoms with Crippen molar-refractivity contribution in [2.24, 2.45) is 5.92 Å². The molecule has 1 aromatic heterocycles. The van der Waals surface area contributed by atoms with Crippen molar-refractivity contribution in [2.45, 2.75) is 85.8 Å². The summed E-state index contributed by atoms with van der Waals surface area (Å²) < 4.78 is 16.5. The van der Waals surface area contributed by atoms with Crippen LogP contribution in [0.15, 0.2) is 27.4 Å². The molecule has 0 unspecified atom stereocenters. The molecule has 0 radical (unpaired) electrons. The van der Waals surface area contributed by atoms with E-state index in [0.717, 1.165) is 24.0 Å². The molecule has 2 aromatic rings. The lowest BCUT2D eigenvalue weighted by atomic mass is 10.0. The van der Waals surface area contributed by atoms with Gasteiger partial charge in [0.1, 0.15) is 23.0 Å². The molecule has 0 fully saturated rings. The minimum atomic E-state index is -0.867. The van der Waals surface area contributed by atoms with Crippen LogP contribution in [0.1, 0.15) is 71.9 Å². The van der Waals surface area contributed by atoms with Crippen molar-refractivity contribution in [1.82, 2.24) is 5.32 Å². The highest BCUT2D eigenvalue weighted by atomic mass is 16.6. The number of hydrogen-bond donors (Lipinski definition) is 1. The average molecular weight is 446 g/mol. The highest BCUT2D eigenvalue weighted by molar-refractivity contribution is 5.91. The van der Waals surface area contributed by atoms with Gasteiger partial charge in [-0.3, -0.25) is 0 Å². The Hall–Kier alpha value is -2.83. The second-order valence-corrected chi connectivity index (χ2v) is 9.57. The molecule has 1 amide bonds. The SMILES string of the molecule is CCCc1cc(=O)oc2cc(C)cc(OC(=O)[C@@H](CCC(C)C)NC(=O)OC(C)(C)C)c12. The molecule has 32 heavy (non-hydrogen) atoms. The zero-order valence-corrected chi connectivity index (χ0v) is 20.2. The van der Waals surface area contributed by atoms with Crippen LogP contribution in [-0.4, -0.2) is 23.7 Å². The van der Waals surface area contributed by atoms with E-state index in [9.17, 15) is 14.4 Å². The Morgan fingerprint density at radius 1 is 1.12 bits per heavy atom. The molecular weight excluding hydrogens is 410 g/mol. The van der Waals surface area contributed by atoms with Crippen molar-refractivity contribution in [3.05, 3.63) is 39.7 Å². The van der Waals surface area contributed by atoms with Gasteiger partial charge >= 0.3 is 17.7 Å². The molecule has 1 aromatic carbocycles. The highest BCUT2D eigenvalue weighted by Gasteiger charge is 2.27. The second kappa shape index (κ2) is 10.7. The number of ether oxygens (including phenoxy) is 2. The van der Waals surface area contributed by atoms with Crippen molar-refractivity contribution in [1.29, 1.82) is 0 Å². The summed E-state index contributed by atoms with van der Waals surface area (Å²) >= 11 is 0. The Balaban J connectivity index is 2.39. The highest BCUT2D eigenvalue weighted by Crippen LogP contribution is 2.31. The van der Waals surface area contributed by atoms with Crippen molar-refractivity contribution in [2.75, 3.05) is 0 Å². The van der Waals surface area contributed by atoms with E-state index in [1.807, 2.05) is 27.7 Å². The van der Waals surface area contributed by atoms with Gasteiger partial charge in [-0.2, -0.15) is 0 Å². The predicted octanol–water partition coefficient (Wildman–Crippen LogP) is 5.29. The Bertz CT molecular complexity index is 1020. The Labute approximate surface area is 189 Å². The quantitative estimate of drug-likeness (QED) is 0.337. The molecule has 0 aliphatic heterocycles. The summed E-state index contributed by atoms with van der Waals surface area (Å²) in [6.07, 6.45) is 1.92. The molecular formula is C25H35NO6. The van der Waals surface area contributed by atoms with Gasteiger partial charge in [-0.1, -0.05) is 27.2 Å². The zero-order chi connectivity index (χ0) is 24.1. The van der Waals surface area contributed by atoms with Crippen molar-refractivity contribution in [3.63, 3.8) is 0 Å². The molecule has 1 heterocycles. The first kappa shape index (κ1) is 25.4. The number of hydrogen-bond acceptors (Lipinski definition) is 6. The second-order valence-electron chi connectivity index (χ2n) is 9.57. The van der Waals surface area contributed by atoms with Gasteiger partial charge in [0.2, 0.25) is 0 Å². The van der Waals surface area contributed by atoms with Crippen LogP contribution in [0.3, 0.4) is 0 Å². The molecule has 0 saturated carbocycles. The van der Waals surface area contributed by atoms with Gasteiger partial charge in [-0.05, 0) is 76.1 Å². The molecule has 1 atom stereocenters. The Morgan fingerprint density at radius 2 is 1.81 bits per heavy atom. The van der Waals surface area contributed by atoms with Gasteiger partial charge in [-0.25, -0.2) is 14.4 Å². The maximum Gasteiger partial charge on any atom is 0.408 e. The molecule has 2 rings (SSSR count). The number of rotatable bonds is 8. The van der Waals surface area contributed by atoms with Gasteiger partial charge in [0.05, 0.1) is 5.39 Å². The number of esters is 1. The van der Waals surface area contributed by atoms with Crippen LogP contribution < -0.4 is 15.7 Å². The number of fused-ring (bicyclic) bond motifs is 1. The van der Waals surface area contributed by atoms with Crippen LogP contribution in [0.5, 0.6) is 5.75 Å². The summed E-state index contributed by atoms with van der Waals surface area (Å²) in [5.41, 5.74) is 0.805. The van der Waals surface area contributed by atoms with Crippen LogP contribution in [0.4, 0.5) is 4.79 Å². The summed E-state index contributed by atoms with van der Waals surface area (Å²) in [6, 6.07) is 4.07. The molecule has 7 nitrogen and oxygen atoms in total. The first-order valence-electron chi connectivity index (χ1n) is 11.2. The molecule has 0 aliphatic rings. The zero-order valence-electron chi connectivity index (χ0n) is 20.2. The molecule has 0 saturated heterocycles. The number of alkyl carbamates (subject to hydrolysis) is 1. The average Bonchev–Trinajstić information content (AvgIpc) is 2.62. The third-order valence-corrected chi connectivity index (χ3v) is 4.77. The number of nitrogens with one attached hydrogen (secondary N) is 1. The van der Waals surface area contributed by atoms with E-state index in [-0.39, 0.29) is 0 Å². The fourth-order valence-electron chi connectivity index (χ4n) is 3.40. The minimum absolute atomic E-state index is 0.317. The maximum absolute atomic E-state index is 13.1. The molecule has 0 aliphatic carbocycles. The number of aryl methyl sites for hydroxylation is 2. The third kappa shape index (κ3) is 7.39.